The summed E-state index contributed by atoms with van der Waals surface area (Å²) in [5, 5.41) is 23.6. The van der Waals surface area contributed by atoms with Gasteiger partial charge >= 0.3 is 0 Å². The molecule has 0 amide bonds. The van der Waals surface area contributed by atoms with Crippen molar-refractivity contribution in [3.8, 4) is 0 Å². The minimum atomic E-state index is 0.0936. The summed E-state index contributed by atoms with van der Waals surface area (Å²) in [6.45, 7) is 10.9. The van der Waals surface area contributed by atoms with Crippen molar-refractivity contribution in [1.82, 2.24) is 15.1 Å². The Morgan fingerprint density at radius 3 is 2.62 bits per heavy atom. The molecule has 0 atom stereocenters. The summed E-state index contributed by atoms with van der Waals surface area (Å²) in [5.41, 5.74) is 5.21. The standard InChI is InChI=1S/C21H30N8/c1-15(2)10-17-4-5-19(21(22)26-27-23)20(12-17)29-8-6-28(7-9-29)14-18-11-16(3)13-24-25-18/h4-5,11-13,15H,6-10,14H2,1-3H3,(H3,22,23,26). The van der Waals surface area contributed by atoms with Crippen molar-refractivity contribution in [3.63, 3.8) is 0 Å². The number of hydrogen-bond donors (Lipinski definition) is 2. The fourth-order valence-electron chi connectivity index (χ4n) is 3.73. The first kappa shape index (κ1) is 20.9. The molecule has 0 bridgehead atoms. The number of piperazine rings is 1. The Bertz CT molecular complexity index is 869. The van der Waals surface area contributed by atoms with Crippen LogP contribution in [0, 0.1) is 18.3 Å². The fraction of sp³-hybridized carbons (Fsp3) is 0.476. The van der Waals surface area contributed by atoms with E-state index in [2.05, 4.69) is 62.4 Å². The molecule has 1 saturated heterocycles. The molecule has 3 N–H and O–H groups in total. The van der Waals surface area contributed by atoms with Crippen LogP contribution in [0.25, 0.3) is 0 Å². The maximum Gasteiger partial charge on any atom is 0.178 e. The third-order valence-electron chi connectivity index (χ3n) is 5.06. The van der Waals surface area contributed by atoms with E-state index in [9.17, 15) is 0 Å². The van der Waals surface area contributed by atoms with Gasteiger partial charge < -0.3 is 10.7 Å². The average molecular weight is 395 g/mol. The lowest BCUT2D eigenvalue weighted by molar-refractivity contribution is 0.246. The van der Waals surface area contributed by atoms with Gasteiger partial charge in [0.2, 0.25) is 0 Å². The number of rotatable bonds is 6. The van der Waals surface area contributed by atoms with Crippen LogP contribution in [0.15, 0.2) is 40.8 Å². The number of nitrogens with two attached hydrogens (primary N) is 1. The van der Waals surface area contributed by atoms with Gasteiger partial charge in [-0.15, -0.1) is 5.11 Å². The number of aromatic nitrogens is 2. The third-order valence-corrected chi connectivity index (χ3v) is 5.06. The highest BCUT2D eigenvalue weighted by Gasteiger charge is 2.21. The van der Waals surface area contributed by atoms with Crippen LogP contribution in [0.3, 0.4) is 0 Å². The molecular formula is C21H30N8. The largest absolute Gasteiger partial charge is 0.368 e. The van der Waals surface area contributed by atoms with Crippen LogP contribution in [0.4, 0.5) is 5.69 Å². The topological polar surface area (TPSA) is 107 Å². The summed E-state index contributed by atoms with van der Waals surface area (Å²) in [7, 11) is 0. The first-order chi connectivity index (χ1) is 14.0. The van der Waals surface area contributed by atoms with Crippen LogP contribution < -0.4 is 10.7 Å². The number of amidine groups is 1. The van der Waals surface area contributed by atoms with Gasteiger partial charge in [-0.3, -0.25) is 10.3 Å². The predicted molar refractivity (Wildman–Crippen MR) is 115 cm³/mol. The summed E-state index contributed by atoms with van der Waals surface area (Å²) in [6, 6.07) is 8.33. The van der Waals surface area contributed by atoms with Gasteiger partial charge in [-0.1, -0.05) is 25.1 Å². The molecule has 29 heavy (non-hydrogen) atoms. The Morgan fingerprint density at radius 1 is 1.21 bits per heavy atom. The highest BCUT2D eigenvalue weighted by atomic mass is 15.3. The lowest BCUT2D eigenvalue weighted by atomic mass is 9.99. The summed E-state index contributed by atoms with van der Waals surface area (Å²) < 4.78 is 0. The predicted octanol–water partition coefficient (Wildman–Crippen LogP) is 2.96. The monoisotopic (exact) mass is 394 g/mol. The molecule has 0 saturated carbocycles. The fourth-order valence-corrected chi connectivity index (χ4v) is 3.73. The van der Waals surface area contributed by atoms with E-state index in [1.807, 2.05) is 13.0 Å². The second-order valence-corrected chi connectivity index (χ2v) is 8.00. The van der Waals surface area contributed by atoms with E-state index in [-0.39, 0.29) is 5.84 Å². The highest BCUT2D eigenvalue weighted by Crippen LogP contribution is 2.26. The molecule has 1 aromatic heterocycles. The van der Waals surface area contributed by atoms with Crippen LogP contribution in [0.1, 0.15) is 36.2 Å². The molecular weight excluding hydrogens is 364 g/mol. The molecule has 2 heterocycles. The molecule has 2 aromatic rings. The zero-order chi connectivity index (χ0) is 20.8. The van der Waals surface area contributed by atoms with E-state index in [0.29, 0.717) is 5.92 Å². The molecule has 0 radical (unpaired) electrons. The van der Waals surface area contributed by atoms with Gasteiger partial charge in [0.1, 0.15) is 0 Å². The molecule has 3 rings (SSSR count). The minimum Gasteiger partial charge on any atom is -0.368 e. The number of hydrogen-bond acceptors (Lipinski definition) is 6. The SMILES string of the molecule is Cc1cnnc(CN2CCN(c3cc(CC(C)C)ccc3C(=N)N=NN)CC2)c1. The molecule has 1 fully saturated rings. The van der Waals surface area contributed by atoms with E-state index >= 15 is 0 Å². The Hall–Kier alpha value is -2.87. The van der Waals surface area contributed by atoms with Crippen molar-refractivity contribution in [3.05, 3.63) is 52.8 Å². The van der Waals surface area contributed by atoms with E-state index in [0.717, 1.165) is 61.7 Å². The molecule has 8 nitrogen and oxygen atoms in total. The van der Waals surface area contributed by atoms with E-state index in [1.54, 1.807) is 6.20 Å². The van der Waals surface area contributed by atoms with Crippen LogP contribution in [-0.4, -0.2) is 47.1 Å². The summed E-state index contributed by atoms with van der Waals surface area (Å²) in [6.07, 6.45) is 2.78. The lowest BCUT2D eigenvalue weighted by Gasteiger charge is -2.37. The molecule has 0 spiro atoms. The number of nitrogens with one attached hydrogen (secondary N) is 1. The Morgan fingerprint density at radius 2 is 1.97 bits per heavy atom. The molecule has 1 aliphatic heterocycles. The van der Waals surface area contributed by atoms with Gasteiger partial charge in [-0.05, 0) is 48.6 Å². The minimum absolute atomic E-state index is 0.0936. The first-order valence-corrected chi connectivity index (χ1v) is 10.0. The zero-order valence-corrected chi connectivity index (χ0v) is 17.5. The van der Waals surface area contributed by atoms with Gasteiger partial charge in [0.15, 0.2) is 5.84 Å². The molecule has 0 aliphatic carbocycles. The van der Waals surface area contributed by atoms with Crippen LogP contribution in [0.5, 0.6) is 0 Å². The molecule has 8 heteroatoms. The van der Waals surface area contributed by atoms with Gasteiger partial charge in [0.25, 0.3) is 0 Å². The van der Waals surface area contributed by atoms with Crippen molar-refractivity contribution in [2.45, 2.75) is 33.7 Å². The normalized spacial score (nSPS) is 15.4. The number of anilines is 1. The molecule has 1 aromatic carbocycles. The average Bonchev–Trinajstić information content (AvgIpc) is 2.68. The quantitative estimate of drug-likeness (QED) is 0.257. The summed E-state index contributed by atoms with van der Waals surface area (Å²) >= 11 is 0. The number of nitrogens with zero attached hydrogens (tertiary/aromatic N) is 6. The van der Waals surface area contributed by atoms with Crippen LogP contribution in [-0.2, 0) is 13.0 Å². The maximum atomic E-state index is 8.22. The van der Waals surface area contributed by atoms with Gasteiger partial charge in [-0.25, -0.2) is 0 Å². The lowest BCUT2D eigenvalue weighted by Crippen LogP contribution is -2.46. The van der Waals surface area contributed by atoms with E-state index in [4.69, 9.17) is 11.3 Å². The summed E-state index contributed by atoms with van der Waals surface area (Å²) in [5.74, 6) is 5.85. The molecule has 1 aliphatic rings. The van der Waals surface area contributed by atoms with Crippen molar-refractivity contribution in [2.75, 3.05) is 31.1 Å². The Labute approximate surface area is 172 Å². The smallest absolute Gasteiger partial charge is 0.178 e. The van der Waals surface area contributed by atoms with Crippen LogP contribution in [0.2, 0.25) is 0 Å². The number of aryl methyl sites for hydroxylation is 1. The van der Waals surface area contributed by atoms with Crippen molar-refractivity contribution < 1.29 is 0 Å². The second kappa shape index (κ2) is 9.56. The second-order valence-electron chi connectivity index (χ2n) is 8.00. The van der Waals surface area contributed by atoms with Gasteiger partial charge in [0.05, 0.1) is 11.9 Å². The van der Waals surface area contributed by atoms with Gasteiger partial charge in [0, 0.05) is 44.0 Å². The van der Waals surface area contributed by atoms with Gasteiger partial charge in [-0.2, -0.15) is 10.2 Å². The van der Waals surface area contributed by atoms with Crippen molar-refractivity contribution >= 4 is 11.5 Å². The Balaban J connectivity index is 1.74. The van der Waals surface area contributed by atoms with Crippen LogP contribution >= 0.6 is 0 Å². The highest BCUT2D eigenvalue weighted by molar-refractivity contribution is 6.02. The molecule has 154 valence electrons. The zero-order valence-electron chi connectivity index (χ0n) is 17.5. The number of benzene rings is 1. The van der Waals surface area contributed by atoms with E-state index < -0.39 is 0 Å². The molecule has 0 unspecified atom stereocenters. The van der Waals surface area contributed by atoms with Crippen molar-refractivity contribution in [2.24, 2.45) is 22.1 Å². The van der Waals surface area contributed by atoms with E-state index in [1.165, 1.54) is 5.56 Å². The Kier molecular flexibility index (Phi) is 6.87. The first-order valence-electron chi connectivity index (χ1n) is 10.0. The summed E-state index contributed by atoms with van der Waals surface area (Å²) in [4.78, 5) is 4.72. The third kappa shape index (κ3) is 5.57. The maximum absolute atomic E-state index is 8.22. The van der Waals surface area contributed by atoms with Crippen molar-refractivity contribution in [1.29, 1.82) is 5.41 Å².